The lowest BCUT2D eigenvalue weighted by Crippen LogP contribution is -2.27. The van der Waals surface area contributed by atoms with Gasteiger partial charge in [-0.3, -0.25) is 0 Å². The Labute approximate surface area is 172 Å². The van der Waals surface area contributed by atoms with Crippen molar-refractivity contribution in [3.8, 4) is 0 Å². The van der Waals surface area contributed by atoms with Crippen LogP contribution in [0.2, 0.25) is 5.02 Å². The average molecular weight is 399 g/mol. The van der Waals surface area contributed by atoms with E-state index in [9.17, 15) is 0 Å². The number of hydrogen-bond donors (Lipinski definition) is 0. The molecule has 0 N–H and O–H groups in total. The summed E-state index contributed by atoms with van der Waals surface area (Å²) in [6.07, 6.45) is 7.92. The van der Waals surface area contributed by atoms with E-state index >= 15 is 0 Å². The van der Waals surface area contributed by atoms with Gasteiger partial charge in [-0.25, -0.2) is 4.98 Å². The maximum absolute atomic E-state index is 6.04. The van der Waals surface area contributed by atoms with Crippen molar-refractivity contribution in [2.75, 3.05) is 0 Å². The van der Waals surface area contributed by atoms with E-state index < -0.39 is 0 Å². The molecule has 3 aromatic rings. The Hall–Kier alpha value is -1.71. The lowest BCUT2D eigenvalue weighted by atomic mass is 10.00. The molecule has 2 aromatic carbocycles. The minimum atomic E-state index is 0.0606. The van der Waals surface area contributed by atoms with E-state index in [0.717, 1.165) is 24.4 Å². The van der Waals surface area contributed by atoms with Gasteiger partial charge in [0, 0.05) is 33.6 Å². The number of imidazole rings is 1. The van der Waals surface area contributed by atoms with Gasteiger partial charge in [-0.1, -0.05) is 41.4 Å². The van der Waals surface area contributed by atoms with E-state index in [1.54, 1.807) is 0 Å². The topological polar surface area (TPSA) is 17.8 Å². The van der Waals surface area contributed by atoms with Crippen LogP contribution in [0.3, 0.4) is 0 Å². The van der Waals surface area contributed by atoms with Crippen LogP contribution in [0.5, 0.6) is 0 Å². The summed E-state index contributed by atoms with van der Waals surface area (Å²) in [4.78, 5) is 5.63. The standard InChI is InChI=1S/C23H27ClN2S/c1-17-13-18(2)22(19(3)14-17)27-23(4,15-26-12-11-25-16-26)10-9-20-5-7-21(24)8-6-20/h5-8,11-14,16H,9-10,15H2,1-4H3. The Morgan fingerprint density at radius 3 is 2.33 bits per heavy atom. The molecule has 1 unspecified atom stereocenters. The molecule has 1 heterocycles. The third-order valence-corrected chi connectivity index (χ3v) is 6.81. The lowest BCUT2D eigenvalue weighted by Gasteiger charge is -2.31. The van der Waals surface area contributed by atoms with Crippen LogP contribution in [0.25, 0.3) is 0 Å². The molecule has 1 atom stereocenters. The molecule has 0 aliphatic heterocycles. The summed E-state index contributed by atoms with van der Waals surface area (Å²) < 4.78 is 2.25. The molecular weight excluding hydrogens is 372 g/mol. The summed E-state index contributed by atoms with van der Waals surface area (Å²) in [5, 5.41) is 0.792. The van der Waals surface area contributed by atoms with E-state index in [0.29, 0.717) is 0 Å². The van der Waals surface area contributed by atoms with E-state index in [4.69, 9.17) is 11.6 Å². The van der Waals surface area contributed by atoms with Gasteiger partial charge >= 0.3 is 0 Å². The second-order valence-electron chi connectivity index (χ2n) is 7.64. The van der Waals surface area contributed by atoms with E-state index in [1.807, 2.05) is 36.4 Å². The molecule has 142 valence electrons. The summed E-state index contributed by atoms with van der Waals surface area (Å²) in [7, 11) is 0. The van der Waals surface area contributed by atoms with Gasteiger partial charge in [-0.05, 0) is 69.4 Å². The zero-order valence-corrected chi connectivity index (χ0v) is 18.1. The minimum absolute atomic E-state index is 0.0606. The van der Waals surface area contributed by atoms with Gasteiger partial charge in [0.15, 0.2) is 0 Å². The number of thioether (sulfide) groups is 1. The molecule has 1 aromatic heterocycles. The molecule has 0 fully saturated rings. The zero-order chi connectivity index (χ0) is 19.4. The van der Waals surface area contributed by atoms with Gasteiger partial charge in [-0.15, -0.1) is 11.8 Å². The lowest BCUT2D eigenvalue weighted by molar-refractivity contribution is 0.495. The molecule has 0 radical (unpaired) electrons. The predicted molar refractivity (Wildman–Crippen MR) is 117 cm³/mol. The first kappa shape index (κ1) is 20.0. The summed E-state index contributed by atoms with van der Waals surface area (Å²) >= 11 is 8.04. The zero-order valence-electron chi connectivity index (χ0n) is 16.5. The van der Waals surface area contributed by atoms with Crippen molar-refractivity contribution in [3.63, 3.8) is 0 Å². The van der Waals surface area contributed by atoms with Crippen LogP contribution in [0, 0.1) is 20.8 Å². The Balaban J connectivity index is 1.84. The van der Waals surface area contributed by atoms with Gasteiger partial charge < -0.3 is 4.57 Å². The molecule has 3 rings (SSSR count). The molecule has 0 saturated heterocycles. The van der Waals surface area contributed by atoms with Gasteiger partial charge in [0.2, 0.25) is 0 Å². The van der Waals surface area contributed by atoms with Crippen molar-refractivity contribution in [1.82, 2.24) is 9.55 Å². The number of nitrogens with zero attached hydrogens (tertiary/aromatic N) is 2. The van der Waals surface area contributed by atoms with Gasteiger partial charge in [-0.2, -0.15) is 0 Å². The fraction of sp³-hybridized carbons (Fsp3) is 0.348. The van der Waals surface area contributed by atoms with Crippen molar-refractivity contribution >= 4 is 23.4 Å². The van der Waals surface area contributed by atoms with Crippen LogP contribution in [0.1, 0.15) is 35.6 Å². The molecule has 2 nitrogen and oxygen atoms in total. The van der Waals surface area contributed by atoms with Crippen LogP contribution < -0.4 is 0 Å². The number of aryl methyl sites for hydroxylation is 4. The summed E-state index contributed by atoms with van der Waals surface area (Å²) in [6, 6.07) is 12.8. The Bertz CT molecular complexity index is 864. The van der Waals surface area contributed by atoms with E-state index in [2.05, 4.69) is 67.7 Å². The number of aromatic nitrogens is 2. The first-order valence-corrected chi connectivity index (χ1v) is 10.5. The van der Waals surface area contributed by atoms with Crippen LogP contribution in [0.4, 0.5) is 0 Å². The molecule has 27 heavy (non-hydrogen) atoms. The smallest absolute Gasteiger partial charge is 0.0946 e. The third-order valence-electron chi connectivity index (χ3n) is 4.89. The third kappa shape index (κ3) is 5.40. The molecule has 0 saturated carbocycles. The summed E-state index contributed by atoms with van der Waals surface area (Å²) in [5.41, 5.74) is 5.38. The fourth-order valence-electron chi connectivity index (χ4n) is 3.56. The molecule has 0 amide bonds. The van der Waals surface area contributed by atoms with Crippen molar-refractivity contribution < 1.29 is 0 Å². The SMILES string of the molecule is Cc1cc(C)c(SC(C)(CCc2ccc(Cl)cc2)Cn2ccnc2)c(C)c1. The summed E-state index contributed by atoms with van der Waals surface area (Å²) in [6.45, 7) is 9.91. The van der Waals surface area contributed by atoms with Gasteiger partial charge in [0.1, 0.15) is 0 Å². The van der Waals surface area contributed by atoms with E-state index in [1.165, 1.54) is 27.1 Å². The fourth-order valence-corrected chi connectivity index (χ4v) is 5.04. The average Bonchev–Trinajstić information content (AvgIpc) is 3.10. The van der Waals surface area contributed by atoms with Crippen LogP contribution in [-0.4, -0.2) is 14.3 Å². The highest BCUT2D eigenvalue weighted by atomic mass is 35.5. The summed E-state index contributed by atoms with van der Waals surface area (Å²) in [5.74, 6) is 0. The number of benzene rings is 2. The Morgan fingerprint density at radius 1 is 1.07 bits per heavy atom. The largest absolute Gasteiger partial charge is 0.336 e. The maximum Gasteiger partial charge on any atom is 0.0946 e. The quantitative estimate of drug-likeness (QED) is 0.415. The highest BCUT2D eigenvalue weighted by Crippen LogP contribution is 2.41. The normalized spacial score (nSPS) is 13.5. The molecular formula is C23H27ClN2S. The van der Waals surface area contributed by atoms with Crippen LogP contribution in [0.15, 0.2) is 60.0 Å². The van der Waals surface area contributed by atoms with Crippen molar-refractivity contribution in [2.45, 2.75) is 56.7 Å². The maximum atomic E-state index is 6.04. The van der Waals surface area contributed by atoms with Gasteiger partial charge in [0.25, 0.3) is 0 Å². The Morgan fingerprint density at radius 2 is 1.74 bits per heavy atom. The van der Waals surface area contributed by atoms with Crippen molar-refractivity contribution in [1.29, 1.82) is 0 Å². The van der Waals surface area contributed by atoms with E-state index in [-0.39, 0.29) is 4.75 Å². The minimum Gasteiger partial charge on any atom is -0.336 e. The molecule has 0 aliphatic carbocycles. The second kappa shape index (κ2) is 8.53. The number of rotatable bonds is 7. The molecule has 0 bridgehead atoms. The number of hydrogen-bond acceptors (Lipinski definition) is 2. The van der Waals surface area contributed by atoms with Crippen LogP contribution >= 0.6 is 23.4 Å². The number of halogens is 1. The van der Waals surface area contributed by atoms with Crippen molar-refractivity contribution in [2.24, 2.45) is 0 Å². The van der Waals surface area contributed by atoms with Crippen molar-refractivity contribution in [3.05, 3.63) is 82.4 Å². The first-order valence-electron chi connectivity index (χ1n) is 9.32. The first-order chi connectivity index (χ1) is 12.8. The highest BCUT2D eigenvalue weighted by molar-refractivity contribution is 8.00. The van der Waals surface area contributed by atoms with Gasteiger partial charge in [0.05, 0.1) is 6.33 Å². The molecule has 4 heteroatoms. The second-order valence-corrected chi connectivity index (χ2v) is 9.68. The molecule has 0 spiro atoms. The Kier molecular flexibility index (Phi) is 6.33. The highest BCUT2D eigenvalue weighted by Gasteiger charge is 2.28. The monoisotopic (exact) mass is 398 g/mol. The molecule has 0 aliphatic rings. The van der Waals surface area contributed by atoms with Crippen LogP contribution in [-0.2, 0) is 13.0 Å². The predicted octanol–water partition coefficient (Wildman–Crippen LogP) is 6.65.